The van der Waals surface area contributed by atoms with Crippen LogP contribution in [0.2, 0.25) is 25.7 Å². The molecule has 0 spiro atoms. The largest absolute Gasteiger partial charge is 0.492 e. The van der Waals surface area contributed by atoms with Crippen molar-refractivity contribution in [2.24, 2.45) is 5.41 Å². The third-order valence-electron chi connectivity index (χ3n) is 6.30. The maximum atomic E-state index is 13.6. The van der Waals surface area contributed by atoms with Gasteiger partial charge in [0.05, 0.1) is 18.0 Å². The fraction of sp³-hybridized carbons (Fsp3) is 0.423. The van der Waals surface area contributed by atoms with Crippen LogP contribution in [0, 0.1) is 5.41 Å². The minimum absolute atomic E-state index is 0.0753. The highest BCUT2D eigenvalue weighted by molar-refractivity contribution is 6.76. The Morgan fingerprint density at radius 2 is 1.78 bits per heavy atom. The molecular weight excluding hydrogens is 503 g/mol. The van der Waals surface area contributed by atoms with E-state index >= 15 is 0 Å². The number of nitrogens with zero attached hydrogens (tertiary/aromatic N) is 2. The van der Waals surface area contributed by atoms with Crippen molar-refractivity contribution in [3.8, 4) is 28.4 Å². The zero-order chi connectivity index (χ0) is 26.8. The van der Waals surface area contributed by atoms with Gasteiger partial charge in [0.2, 0.25) is 0 Å². The molecule has 0 amide bonds. The molecule has 7 nitrogen and oxygen atoms in total. The molecule has 1 aliphatic rings. The van der Waals surface area contributed by atoms with Crippen LogP contribution in [0.3, 0.4) is 0 Å². The van der Waals surface area contributed by atoms with E-state index in [-0.39, 0.29) is 24.7 Å². The van der Waals surface area contributed by atoms with Gasteiger partial charge in [0.1, 0.15) is 23.6 Å². The first-order valence-corrected chi connectivity index (χ1v) is 15.7. The van der Waals surface area contributed by atoms with Crippen molar-refractivity contribution in [2.75, 3.05) is 13.2 Å². The zero-order valence-electron chi connectivity index (χ0n) is 21.0. The van der Waals surface area contributed by atoms with Gasteiger partial charge in [-0.3, -0.25) is 9.78 Å². The molecule has 0 bridgehead atoms. The van der Waals surface area contributed by atoms with Gasteiger partial charge in [0.25, 0.3) is 0 Å². The molecule has 0 aliphatic heterocycles. The van der Waals surface area contributed by atoms with Gasteiger partial charge in [-0.15, -0.1) is 0 Å². The molecular formula is C26H30F3N3O4Si. The van der Waals surface area contributed by atoms with E-state index in [2.05, 4.69) is 34.6 Å². The second kappa shape index (κ2) is 10.3. The van der Waals surface area contributed by atoms with Gasteiger partial charge < -0.3 is 19.6 Å². The Kier molecular flexibility index (Phi) is 7.47. The fourth-order valence-corrected chi connectivity index (χ4v) is 4.41. The van der Waals surface area contributed by atoms with Crippen LogP contribution in [0.1, 0.15) is 24.2 Å². The van der Waals surface area contributed by atoms with Crippen LogP contribution in [-0.4, -0.2) is 47.3 Å². The lowest BCUT2D eigenvalue weighted by molar-refractivity contribution is -0.144. The van der Waals surface area contributed by atoms with Crippen LogP contribution in [0.4, 0.5) is 13.2 Å². The highest BCUT2D eigenvalue weighted by Gasteiger charge is 2.51. The summed E-state index contributed by atoms with van der Waals surface area (Å²) in [6.45, 7) is 6.87. The molecule has 0 radical (unpaired) electrons. The van der Waals surface area contributed by atoms with E-state index in [0.29, 0.717) is 36.5 Å². The summed E-state index contributed by atoms with van der Waals surface area (Å²) in [6.07, 6.45) is -1.90. The van der Waals surface area contributed by atoms with Gasteiger partial charge in [-0.25, -0.2) is 4.98 Å². The predicted octanol–water partition coefficient (Wildman–Crippen LogP) is 6.26. The second-order valence-corrected chi connectivity index (χ2v) is 16.2. The zero-order valence-corrected chi connectivity index (χ0v) is 22.0. The molecule has 2 aromatic heterocycles. The van der Waals surface area contributed by atoms with Crippen molar-refractivity contribution in [1.82, 2.24) is 15.0 Å². The third kappa shape index (κ3) is 6.78. The number of nitrogens with one attached hydrogen (secondary N) is 1. The Labute approximate surface area is 214 Å². The van der Waals surface area contributed by atoms with Crippen LogP contribution in [0.5, 0.6) is 5.75 Å². The number of carboxylic acid groups (broad SMARTS) is 1. The lowest BCUT2D eigenvalue weighted by Crippen LogP contribution is -2.22. The van der Waals surface area contributed by atoms with Crippen LogP contribution < -0.4 is 4.74 Å². The molecule has 198 valence electrons. The van der Waals surface area contributed by atoms with Crippen molar-refractivity contribution >= 4 is 14.0 Å². The number of benzene rings is 1. The normalized spacial score (nSPS) is 15.0. The molecule has 2 N–H and O–H groups in total. The van der Waals surface area contributed by atoms with E-state index in [4.69, 9.17) is 9.47 Å². The average molecular weight is 534 g/mol. The fourth-order valence-electron chi connectivity index (χ4n) is 3.66. The smallest absolute Gasteiger partial charge is 0.435 e. The van der Waals surface area contributed by atoms with Crippen LogP contribution in [0.15, 0.2) is 42.6 Å². The van der Waals surface area contributed by atoms with Crippen LogP contribution >= 0.6 is 0 Å². The SMILES string of the molecule is C[Si](C)(C)CCOCc1[nH]c(-c2ccc(-c3ccc(OCC4(C(=O)O)CC4)cc3)nc2)nc1C(F)(F)F. The number of alkyl halides is 3. The molecule has 0 saturated heterocycles. The van der Waals surface area contributed by atoms with E-state index in [9.17, 15) is 23.1 Å². The van der Waals surface area contributed by atoms with Gasteiger partial charge >= 0.3 is 12.1 Å². The molecule has 3 aromatic rings. The number of carbonyl (C=O) groups is 1. The molecule has 37 heavy (non-hydrogen) atoms. The van der Waals surface area contributed by atoms with Gasteiger partial charge in [-0.1, -0.05) is 19.6 Å². The number of rotatable bonds is 11. The van der Waals surface area contributed by atoms with Gasteiger partial charge in [-0.05, 0) is 55.3 Å². The Morgan fingerprint density at radius 1 is 1.11 bits per heavy atom. The summed E-state index contributed by atoms with van der Waals surface area (Å²) in [5.74, 6) is -0.205. The number of hydrogen-bond donors (Lipinski definition) is 2. The van der Waals surface area contributed by atoms with Crippen LogP contribution in [-0.2, 0) is 22.3 Å². The number of ether oxygens (including phenoxy) is 2. The minimum Gasteiger partial charge on any atom is -0.492 e. The Morgan fingerprint density at radius 3 is 2.32 bits per heavy atom. The van der Waals surface area contributed by atoms with Crippen molar-refractivity contribution in [1.29, 1.82) is 0 Å². The number of hydrogen-bond acceptors (Lipinski definition) is 5. The minimum atomic E-state index is -4.60. The molecule has 1 saturated carbocycles. The monoisotopic (exact) mass is 533 g/mol. The molecule has 0 unspecified atom stereocenters. The van der Waals surface area contributed by atoms with Crippen molar-refractivity contribution in [3.63, 3.8) is 0 Å². The summed E-state index contributed by atoms with van der Waals surface area (Å²) in [5.41, 5.74) is -0.0266. The first-order chi connectivity index (χ1) is 17.4. The van der Waals surface area contributed by atoms with Crippen molar-refractivity contribution in [2.45, 2.75) is 51.3 Å². The average Bonchev–Trinajstić information content (AvgIpc) is 3.51. The number of pyridine rings is 1. The molecule has 1 aliphatic carbocycles. The number of carboxylic acids is 1. The number of aromatic nitrogens is 3. The van der Waals surface area contributed by atoms with E-state index in [1.54, 1.807) is 36.4 Å². The molecule has 4 rings (SSSR count). The number of imidazole rings is 1. The maximum absolute atomic E-state index is 13.6. The van der Waals surface area contributed by atoms with E-state index in [0.717, 1.165) is 11.6 Å². The van der Waals surface area contributed by atoms with E-state index in [1.165, 1.54) is 6.20 Å². The summed E-state index contributed by atoms with van der Waals surface area (Å²) < 4.78 is 51.9. The quantitative estimate of drug-likeness (QED) is 0.223. The summed E-state index contributed by atoms with van der Waals surface area (Å²) in [4.78, 5) is 22.2. The lowest BCUT2D eigenvalue weighted by Gasteiger charge is -2.15. The number of halogens is 3. The summed E-state index contributed by atoms with van der Waals surface area (Å²) in [7, 11) is -1.35. The molecule has 2 heterocycles. The van der Waals surface area contributed by atoms with Gasteiger partial charge in [0, 0.05) is 32.0 Å². The molecule has 0 atom stereocenters. The topological polar surface area (TPSA) is 97.3 Å². The van der Waals surface area contributed by atoms with E-state index < -0.39 is 31.3 Å². The third-order valence-corrected chi connectivity index (χ3v) is 8.00. The Hall–Kier alpha value is -3.18. The first kappa shape index (κ1) is 26.9. The highest BCUT2D eigenvalue weighted by Crippen LogP contribution is 2.46. The molecule has 11 heteroatoms. The van der Waals surface area contributed by atoms with Gasteiger partial charge in [0.15, 0.2) is 5.69 Å². The Bertz CT molecular complexity index is 1230. The number of aliphatic carboxylic acids is 1. The van der Waals surface area contributed by atoms with E-state index in [1.807, 2.05) is 0 Å². The second-order valence-electron chi connectivity index (χ2n) is 10.6. The number of H-pyrrole nitrogens is 1. The number of aromatic amines is 1. The van der Waals surface area contributed by atoms with Crippen molar-refractivity contribution in [3.05, 3.63) is 54.0 Å². The molecule has 1 fully saturated rings. The standard InChI is InChI=1S/C26H30F3N3O4Si/c1-37(2,3)13-12-35-15-21-22(26(27,28)29)32-23(31-21)18-6-9-20(30-14-18)17-4-7-19(8-5-17)36-16-25(10-11-25)24(33)34/h4-9,14H,10-13,15-16H2,1-3H3,(H,31,32)(H,33,34). The molecule has 1 aromatic carbocycles. The van der Waals surface area contributed by atoms with Crippen LogP contribution in [0.25, 0.3) is 22.6 Å². The highest BCUT2D eigenvalue weighted by atomic mass is 28.3. The first-order valence-electron chi connectivity index (χ1n) is 12.0. The van der Waals surface area contributed by atoms with Gasteiger partial charge in [-0.2, -0.15) is 13.2 Å². The predicted molar refractivity (Wildman–Crippen MR) is 135 cm³/mol. The summed E-state index contributed by atoms with van der Waals surface area (Å²) >= 11 is 0. The van der Waals surface area contributed by atoms with Crippen molar-refractivity contribution < 1.29 is 32.5 Å². The maximum Gasteiger partial charge on any atom is 0.435 e. The summed E-state index contributed by atoms with van der Waals surface area (Å²) in [6, 6.07) is 11.3. The Balaban J connectivity index is 1.43. The summed E-state index contributed by atoms with van der Waals surface area (Å²) in [5, 5.41) is 9.25. The lowest BCUT2D eigenvalue weighted by atomic mass is 10.1.